The Balaban J connectivity index is 2.78. The van der Waals surface area contributed by atoms with Crippen LogP contribution in [-0.4, -0.2) is 23.9 Å². The average Bonchev–Trinajstić information content (AvgIpc) is 2.26. The summed E-state index contributed by atoms with van der Waals surface area (Å²) in [5.74, 6) is -0.207. The number of amides is 1. The average molecular weight is 302 g/mol. The Hall–Kier alpha value is -1.63. The monoisotopic (exact) mass is 301 g/mol. The van der Waals surface area contributed by atoms with Gasteiger partial charge < -0.3 is 10.6 Å². The zero-order valence-corrected chi connectivity index (χ0v) is 10.8. The molecule has 0 saturated carbocycles. The number of rotatable bonds is 5. The number of carbonyl (C=O) groups excluding carboxylic acids is 1. The Kier molecular flexibility index (Phi) is 4.89. The Morgan fingerprint density at radius 1 is 1.53 bits per heavy atom. The second-order valence-electron chi connectivity index (χ2n) is 3.23. The molecular formula is C10H12BrN3O3. The molecule has 1 rings (SSSR count). The fraction of sp³-hybridized carbons (Fsp3) is 0.300. The lowest BCUT2D eigenvalue weighted by Crippen LogP contribution is -2.29. The molecule has 6 nitrogen and oxygen atoms in total. The van der Waals surface area contributed by atoms with E-state index in [0.29, 0.717) is 16.7 Å². The maximum atomic E-state index is 11.2. The Bertz CT molecular complexity index is 437. The minimum atomic E-state index is -0.494. The summed E-state index contributed by atoms with van der Waals surface area (Å²) in [6, 6.07) is 4.52. The molecule has 92 valence electrons. The molecule has 0 heterocycles. The van der Waals surface area contributed by atoms with Crippen LogP contribution in [-0.2, 0) is 4.79 Å². The minimum absolute atomic E-state index is 0.00509. The predicted octanol–water partition coefficient (Wildman–Crippen LogP) is 1.91. The molecule has 17 heavy (non-hydrogen) atoms. The van der Waals surface area contributed by atoms with Crippen molar-refractivity contribution in [3.8, 4) is 0 Å². The Morgan fingerprint density at radius 2 is 2.24 bits per heavy atom. The summed E-state index contributed by atoms with van der Waals surface area (Å²) >= 11 is 3.22. The van der Waals surface area contributed by atoms with Crippen LogP contribution in [0.4, 0.5) is 11.4 Å². The lowest BCUT2D eigenvalue weighted by molar-refractivity contribution is -0.384. The van der Waals surface area contributed by atoms with Gasteiger partial charge in [-0.25, -0.2) is 0 Å². The molecule has 1 aromatic rings. The molecule has 0 bridgehead atoms. The van der Waals surface area contributed by atoms with Gasteiger partial charge in [-0.05, 0) is 19.1 Å². The summed E-state index contributed by atoms with van der Waals surface area (Å²) in [6.45, 7) is 2.34. The maximum absolute atomic E-state index is 11.2. The molecule has 0 aliphatic carbocycles. The molecule has 0 atom stereocenters. The molecule has 0 fully saturated rings. The summed E-state index contributed by atoms with van der Waals surface area (Å²) in [6.07, 6.45) is 0. The Morgan fingerprint density at radius 3 is 2.82 bits per heavy atom. The topological polar surface area (TPSA) is 84.3 Å². The highest BCUT2D eigenvalue weighted by Gasteiger charge is 2.14. The van der Waals surface area contributed by atoms with Crippen molar-refractivity contribution >= 4 is 33.2 Å². The van der Waals surface area contributed by atoms with Crippen LogP contribution in [0.1, 0.15) is 6.92 Å². The molecule has 0 unspecified atom stereocenters. The number of nitrogens with one attached hydrogen (secondary N) is 2. The van der Waals surface area contributed by atoms with Gasteiger partial charge in [0.25, 0.3) is 5.69 Å². The molecule has 0 spiro atoms. The second kappa shape index (κ2) is 6.19. The quantitative estimate of drug-likeness (QED) is 0.643. The van der Waals surface area contributed by atoms with Crippen LogP contribution in [0.3, 0.4) is 0 Å². The first kappa shape index (κ1) is 13.4. The number of hydrogen-bond donors (Lipinski definition) is 2. The van der Waals surface area contributed by atoms with Crippen LogP contribution in [0.15, 0.2) is 22.7 Å². The summed E-state index contributed by atoms with van der Waals surface area (Å²) in [5.41, 5.74) is 0.258. The van der Waals surface area contributed by atoms with E-state index in [2.05, 4.69) is 26.6 Å². The molecule has 0 aliphatic heterocycles. The van der Waals surface area contributed by atoms with Crippen LogP contribution in [0.5, 0.6) is 0 Å². The molecular weight excluding hydrogens is 290 g/mol. The highest BCUT2D eigenvalue weighted by molar-refractivity contribution is 9.10. The van der Waals surface area contributed by atoms with Crippen molar-refractivity contribution in [2.75, 3.05) is 18.4 Å². The molecule has 0 aliphatic rings. The molecule has 2 N–H and O–H groups in total. The number of carbonyl (C=O) groups is 1. The second-order valence-corrected chi connectivity index (χ2v) is 4.14. The van der Waals surface area contributed by atoms with Gasteiger partial charge >= 0.3 is 0 Å². The lowest BCUT2D eigenvalue weighted by Gasteiger charge is -2.07. The van der Waals surface area contributed by atoms with Gasteiger partial charge in [-0.2, -0.15) is 0 Å². The fourth-order valence-corrected chi connectivity index (χ4v) is 1.61. The predicted molar refractivity (Wildman–Crippen MR) is 68.0 cm³/mol. The number of hydrogen-bond acceptors (Lipinski definition) is 4. The van der Waals surface area contributed by atoms with Crippen LogP contribution < -0.4 is 10.6 Å². The van der Waals surface area contributed by atoms with Crippen molar-refractivity contribution in [3.63, 3.8) is 0 Å². The van der Waals surface area contributed by atoms with E-state index in [1.165, 1.54) is 6.07 Å². The van der Waals surface area contributed by atoms with Crippen molar-refractivity contribution in [3.05, 3.63) is 32.8 Å². The third-order valence-electron chi connectivity index (χ3n) is 1.97. The number of nitrogens with zero attached hydrogens (tertiary/aromatic N) is 1. The SMILES string of the molecule is CCNC(=O)CNc1cc(Br)ccc1[N+](=O)[O-]. The van der Waals surface area contributed by atoms with E-state index in [4.69, 9.17) is 0 Å². The van der Waals surface area contributed by atoms with Gasteiger partial charge in [0.2, 0.25) is 5.91 Å². The number of benzene rings is 1. The molecule has 0 aromatic heterocycles. The van der Waals surface area contributed by atoms with Crippen molar-refractivity contribution in [1.82, 2.24) is 5.32 Å². The summed E-state index contributed by atoms with van der Waals surface area (Å²) in [4.78, 5) is 21.5. The molecule has 0 radical (unpaired) electrons. The van der Waals surface area contributed by atoms with Gasteiger partial charge in [0.15, 0.2) is 0 Å². The van der Waals surface area contributed by atoms with Crippen molar-refractivity contribution in [2.45, 2.75) is 6.92 Å². The van der Waals surface area contributed by atoms with E-state index >= 15 is 0 Å². The third-order valence-corrected chi connectivity index (χ3v) is 2.46. The van der Waals surface area contributed by atoms with E-state index < -0.39 is 4.92 Å². The van der Waals surface area contributed by atoms with E-state index in [0.717, 1.165) is 0 Å². The zero-order valence-electron chi connectivity index (χ0n) is 9.20. The normalized spacial score (nSPS) is 9.76. The first-order chi connectivity index (χ1) is 8.04. The molecule has 0 saturated heterocycles. The number of likely N-dealkylation sites (N-methyl/N-ethyl adjacent to an activating group) is 1. The van der Waals surface area contributed by atoms with E-state index in [-0.39, 0.29) is 18.1 Å². The number of nitro benzene ring substituents is 1. The van der Waals surface area contributed by atoms with Gasteiger partial charge in [0.1, 0.15) is 5.69 Å². The zero-order chi connectivity index (χ0) is 12.8. The van der Waals surface area contributed by atoms with Crippen molar-refractivity contribution < 1.29 is 9.72 Å². The van der Waals surface area contributed by atoms with E-state index in [9.17, 15) is 14.9 Å². The first-order valence-corrected chi connectivity index (χ1v) is 5.78. The Labute approximate surface area is 107 Å². The molecule has 1 aromatic carbocycles. The molecule has 7 heteroatoms. The maximum Gasteiger partial charge on any atom is 0.292 e. The summed E-state index contributed by atoms with van der Waals surface area (Å²) < 4.78 is 0.710. The van der Waals surface area contributed by atoms with Gasteiger partial charge in [0.05, 0.1) is 11.5 Å². The fourth-order valence-electron chi connectivity index (χ4n) is 1.24. The van der Waals surface area contributed by atoms with Crippen molar-refractivity contribution in [2.24, 2.45) is 0 Å². The molecule has 1 amide bonds. The largest absolute Gasteiger partial charge is 0.371 e. The van der Waals surface area contributed by atoms with Gasteiger partial charge in [-0.3, -0.25) is 14.9 Å². The van der Waals surface area contributed by atoms with Crippen molar-refractivity contribution in [1.29, 1.82) is 0 Å². The highest BCUT2D eigenvalue weighted by atomic mass is 79.9. The lowest BCUT2D eigenvalue weighted by atomic mass is 10.2. The van der Waals surface area contributed by atoms with E-state index in [1.54, 1.807) is 19.1 Å². The van der Waals surface area contributed by atoms with Crippen LogP contribution >= 0.6 is 15.9 Å². The smallest absolute Gasteiger partial charge is 0.292 e. The van der Waals surface area contributed by atoms with Crippen LogP contribution in [0.2, 0.25) is 0 Å². The number of nitro groups is 1. The van der Waals surface area contributed by atoms with Gasteiger partial charge in [-0.15, -0.1) is 0 Å². The number of halogens is 1. The standard InChI is InChI=1S/C10H12BrN3O3/c1-2-12-10(15)6-13-8-5-7(11)3-4-9(8)14(16)17/h3-5,13H,2,6H2,1H3,(H,12,15). The van der Waals surface area contributed by atoms with Gasteiger partial charge in [-0.1, -0.05) is 15.9 Å². The van der Waals surface area contributed by atoms with Gasteiger partial charge in [0, 0.05) is 17.1 Å². The summed E-state index contributed by atoms with van der Waals surface area (Å²) in [5, 5.41) is 16.1. The first-order valence-electron chi connectivity index (χ1n) is 4.99. The highest BCUT2D eigenvalue weighted by Crippen LogP contribution is 2.27. The minimum Gasteiger partial charge on any atom is -0.371 e. The van der Waals surface area contributed by atoms with E-state index in [1.807, 2.05) is 0 Å². The van der Waals surface area contributed by atoms with Crippen LogP contribution in [0.25, 0.3) is 0 Å². The number of anilines is 1. The third kappa shape index (κ3) is 4.03. The summed E-state index contributed by atoms with van der Waals surface area (Å²) in [7, 11) is 0. The van der Waals surface area contributed by atoms with Crippen LogP contribution in [0, 0.1) is 10.1 Å².